The fraction of sp³-hybridized carbons (Fsp3) is 0.125. The minimum absolute atomic E-state index is 0.885. The average molecular weight is 264 g/mol. The second-order valence-electron chi connectivity index (χ2n) is 4.53. The highest BCUT2D eigenvalue weighted by atomic mass is 15.4. The van der Waals surface area contributed by atoms with Gasteiger partial charge in [-0.3, -0.25) is 0 Å². The summed E-state index contributed by atoms with van der Waals surface area (Å²) in [4.78, 5) is 0. The normalized spacial score (nSPS) is 10.4. The molecule has 0 aliphatic heterocycles. The summed E-state index contributed by atoms with van der Waals surface area (Å²) in [5, 5.41) is 11.4. The Morgan fingerprint density at radius 2 is 1.75 bits per heavy atom. The quantitative estimate of drug-likeness (QED) is 0.770. The molecule has 0 saturated carbocycles. The molecule has 0 fully saturated rings. The van der Waals surface area contributed by atoms with Crippen LogP contribution in [0.5, 0.6) is 0 Å². The third kappa shape index (κ3) is 2.85. The molecule has 0 aliphatic rings. The molecule has 0 spiro atoms. The molecule has 1 aromatic heterocycles. The number of hydrogen-bond donors (Lipinski definition) is 1. The zero-order valence-electron chi connectivity index (χ0n) is 11.1. The van der Waals surface area contributed by atoms with Gasteiger partial charge in [-0.15, -0.1) is 5.10 Å². The fourth-order valence-corrected chi connectivity index (χ4v) is 2.15. The van der Waals surface area contributed by atoms with Crippen molar-refractivity contribution >= 4 is 5.69 Å². The number of aromatic nitrogens is 3. The van der Waals surface area contributed by atoms with E-state index in [2.05, 4.69) is 46.0 Å². The number of nitrogens with one attached hydrogen (secondary N) is 1. The highest BCUT2D eigenvalue weighted by Gasteiger charge is 2.03. The number of rotatable bonds is 5. The lowest BCUT2D eigenvalue weighted by atomic mass is 10.1. The predicted molar refractivity (Wildman–Crippen MR) is 80.0 cm³/mol. The van der Waals surface area contributed by atoms with Crippen molar-refractivity contribution in [2.75, 3.05) is 11.9 Å². The van der Waals surface area contributed by atoms with Gasteiger partial charge in [0.25, 0.3) is 0 Å². The van der Waals surface area contributed by atoms with E-state index in [0.717, 1.165) is 24.3 Å². The van der Waals surface area contributed by atoms with Gasteiger partial charge in [0.05, 0.1) is 23.8 Å². The maximum atomic E-state index is 4.04. The van der Waals surface area contributed by atoms with E-state index in [1.54, 1.807) is 10.9 Å². The van der Waals surface area contributed by atoms with Crippen LogP contribution in [0, 0.1) is 0 Å². The van der Waals surface area contributed by atoms with E-state index >= 15 is 0 Å². The van der Waals surface area contributed by atoms with Gasteiger partial charge in [0, 0.05) is 6.54 Å². The van der Waals surface area contributed by atoms with Crippen LogP contribution in [-0.2, 0) is 6.42 Å². The Labute approximate surface area is 118 Å². The Morgan fingerprint density at radius 1 is 0.950 bits per heavy atom. The number of para-hydroxylation sites is 2. The maximum Gasteiger partial charge on any atom is 0.0894 e. The van der Waals surface area contributed by atoms with Crippen molar-refractivity contribution in [2.45, 2.75) is 6.42 Å². The minimum Gasteiger partial charge on any atom is -0.383 e. The van der Waals surface area contributed by atoms with Gasteiger partial charge in [0.1, 0.15) is 0 Å². The average Bonchev–Trinajstić information content (AvgIpc) is 3.03. The number of hydrogen-bond acceptors (Lipinski definition) is 3. The smallest absolute Gasteiger partial charge is 0.0894 e. The first-order valence-electron chi connectivity index (χ1n) is 6.67. The SMILES string of the molecule is c1ccc(CCNc2ccccc2-n2ccnn2)cc1. The van der Waals surface area contributed by atoms with E-state index in [-0.39, 0.29) is 0 Å². The van der Waals surface area contributed by atoms with E-state index < -0.39 is 0 Å². The van der Waals surface area contributed by atoms with Gasteiger partial charge < -0.3 is 5.32 Å². The summed E-state index contributed by atoms with van der Waals surface area (Å²) in [6.45, 7) is 0.885. The monoisotopic (exact) mass is 264 g/mol. The molecule has 0 atom stereocenters. The summed E-state index contributed by atoms with van der Waals surface area (Å²) < 4.78 is 1.77. The van der Waals surface area contributed by atoms with Crippen molar-refractivity contribution in [3.05, 3.63) is 72.6 Å². The molecule has 1 heterocycles. The Hall–Kier alpha value is -2.62. The Bertz CT molecular complexity index is 647. The first kappa shape index (κ1) is 12.4. The first-order valence-corrected chi connectivity index (χ1v) is 6.67. The van der Waals surface area contributed by atoms with Crippen LogP contribution in [0.3, 0.4) is 0 Å². The molecule has 4 heteroatoms. The molecule has 0 unspecified atom stereocenters. The summed E-state index contributed by atoms with van der Waals surface area (Å²) in [5.74, 6) is 0. The van der Waals surface area contributed by atoms with Crippen LogP contribution in [0.2, 0.25) is 0 Å². The summed E-state index contributed by atoms with van der Waals surface area (Å²) in [6.07, 6.45) is 4.52. The van der Waals surface area contributed by atoms with E-state index in [1.807, 2.05) is 30.5 Å². The fourth-order valence-electron chi connectivity index (χ4n) is 2.15. The molecule has 4 nitrogen and oxygen atoms in total. The lowest BCUT2D eigenvalue weighted by molar-refractivity contribution is 0.803. The van der Waals surface area contributed by atoms with Crippen LogP contribution >= 0.6 is 0 Å². The van der Waals surface area contributed by atoms with Crippen molar-refractivity contribution < 1.29 is 0 Å². The number of anilines is 1. The van der Waals surface area contributed by atoms with Crippen molar-refractivity contribution in [3.63, 3.8) is 0 Å². The van der Waals surface area contributed by atoms with Gasteiger partial charge in [0.2, 0.25) is 0 Å². The predicted octanol–water partition coefficient (Wildman–Crippen LogP) is 2.92. The first-order chi connectivity index (χ1) is 9.93. The van der Waals surface area contributed by atoms with Crippen molar-refractivity contribution in [2.24, 2.45) is 0 Å². The van der Waals surface area contributed by atoms with Crippen LogP contribution in [0.15, 0.2) is 67.0 Å². The lowest BCUT2D eigenvalue weighted by Gasteiger charge is -2.11. The zero-order valence-corrected chi connectivity index (χ0v) is 11.1. The standard InChI is InChI=1S/C16H16N4/c1-2-6-14(7-3-1)10-11-17-15-8-4-5-9-16(15)20-13-12-18-19-20/h1-9,12-13,17H,10-11H2. The van der Waals surface area contributed by atoms with Crippen LogP contribution in [0.1, 0.15) is 5.56 Å². The van der Waals surface area contributed by atoms with Crippen molar-refractivity contribution in [3.8, 4) is 5.69 Å². The van der Waals surface area contributed by atoms with Gasteiger partial charge in [-0.25, -0.2) is 4.68 Å². The van der Waals surface area contributed by atoms with E-state index in [9.17, 15) is 0 Å². The highest BCUT2D eigenvalue weighted by Crippen LogP contribution is 2.18. The minimum atomic E-state index is 0.885. The lowest BCUT2D eigenvalue weighted by Crippen LogP contribution is -2.08. The van der Waals surface area contributed by atoms with Crippen molar-refractivity contribution in [1.29, 1.82) is 0 Å². The molecule has 0 radical (unpaired) electrons. The summed E-state index contributed by atoms with van der Waals surface area (Å²) in [7, 11) is 0. The Morgan fingerprint density at radius 3 is 2.55 bits per heavy atom. The topological polar surface area (TPSA) is 42.7 Å². The van der Waals surface area contributed by atoms with Crippen LogP contribution in [0.4, 0.5) is 5.69 Å². The van der Waals surface area contributed by atoms with Gasteiger partial charge >= 0.3 is 0 Å². The molecule has 1 N–H and O–H groups in total. The van der Waals surface area contributed by atoms with Gasteiger partial charge in [-0.05, 0) is 24.1 Å². The second kappa shape index (κ2) is 6.02. The second-order valence-corrected chi connectivity index (χ2v) is 4.53. The maximum absolute atomic E-state index is 4.04. The van der Waals surface area contributed by atoms with Gasteiger partial charge in [-0.1, -0.05) is 47.7 Å². The molecule has 100 valence electrons. The van der Waals surface area contributed by atoms with Crippen LogP contribution < -0.4 is 5.32 Å². The van der Waals surface area contributed by atoms with E-state index in [4.69, 9.17) is 0 Å². The Balaban J connectivity index is 1.69. The molecule has 0 amide bonds. The molecule has 3 aromatic rings. The number of benzene rings is 2. The molecule has 0 aliphatic carbocycles. The molecular weight excluding hydrogens is 248 g/mol. The van der Waals surface area contributed by atoms with Crippen molar-refractivity contribution in [1.82, 2.24) is 15.0 Å². The Kier molecular flexibility index (Phi) is 3.73. The molecule has 2 aromatic carbocycles. The summed E-state index contributed by atoms with van der Waals surface area (Å²) in [6, 6.07) is 18.6. The van der Waals surface area contributed by atoms with E-state index in [0.29, 0.717) is 0 Å². The molecule has 20 heavy (non-hydrogen) atoms. The number of nitrogens with zero attached hydrogens (tertiary/aromatic N) is 3. The van der Waals surface area contributed by atoms with Crippen LogP contribution in [-0.4, -0.2) is 21.5 Å². The molecular formula is C16H16N4. The molecule has 0 bridgehead atoms. The summed E-state index contributed by atoms with van der Waals surface area (Å²) >= 11 is 0. The summed E-state index contributed by atoms with van der Waals surface area (Å²) in [5.41, 5.74) is 3.41. The zero-order chi connectivity index (χ0) is 13.6. The third-order valence-electron chi connectivity index (χ3n) is 3.15. The van der Waals surface area contributed by atoms with Gasteiger partial charge in [-0.2, -0.15) is 0 Å². The third-order valence-corrected chi connectivity index (χ3v) is 3.15. The largest absolute Gasteiger partial charge is 0.383 e. The molecule has 0 saturated heterocycles. The molecule has 3 rings (SSSR count). The van der Waals surface area contributed by atoms with Crippen LogP contribution in [0.25, 0.3) is 5.69 Å². The van der Waals surface area contributed by atoms with E-state index in [1.165, 1.54) is 5.56 Å². The highest BCUT2D eigenvalue weighted by molar-refractivity contribution is 5.60. The van der Waals surface area contributed by atoms with Gasteiger partial charge in [0.15, 0.2) is 0 Å².